The Bertz CT molecular complexity index is 1070. The van der Waals surface area contributed by atoms with E-state index < -0.39 is 24.6 Å². The molecule has 1 unspecified atom stereocenters. The number of esters is 1. The van der Waals surface area contributed by atoms with Crippen molar-refractivity contribution >= 4 is 17.7 Å². The number of nitrogens with one attached hydrogen (secondary N) is 1. The van der Waals surface area contributed by atoms with Crippen LogP contribution in [-0.4, -0.2) is 34.4 Å². The zero-order chi connectivity index (χ0) is 23.3. The number of ether oxygens (including phenoxy) is 2. The van der Waals surface area contributed by atoms with E-state index in [2.05, 4.69) is 10.4 Å². The lowest BCUT2D eigenvalue weighted by Gasteiger charge is -2.14. The lowest BCUT2D eigenvalue weighted by molar-refractivity contribution is -0.153. The maximum Gasteiger partial charge on any atom is 0.347 e. The van der Waals surface area contributed by atoms with Gasteiger partial charge in [0, 0.05) is 11.5 Å². The minimum absolute atomic E-state index is 0.200. The van der Waals surface area contributed by atoms with E-state index in [0.717, 1.165) is 16.9 Å². The quantitative estimate of drug-likeness (QED) is 0.555. The lowest BCUT2D eigenvalue weighted by Crippen LogP contribution is -2.30. The number of carbonyl (C=O) groups is 2. The molecule has 7 heteroatoms. The van der Waals surface area contributed by atoms with Gasteiger partial charge in [-0.2, -0.15) is 5.10 Å². The summed E-state index contributed by atoms with van der Waals surface area (Å²) in [7, 11) is 0. The molecule has 0 fully saturated rings. The Hall–Kier alpha value is -3.61. The predicted octanol–water partition coefficient (Wildman–Crippen LogP) is 4.43. The number of hydrogen-bond acceptors (Lipinski definition) is 5. The van der Waals surface area contributed by atoms with Gasteiger partial charge in [0.15, 0.2) is 12.7 Å². The van der Waals surface area contributed by atoms with Crippen LogP contribution >= 0.6 is 0 Å². The topological polar surface area (TPSA) is 82.4 Å². The molecule has 0 saturated carbocycles. The summed E-state index contributed by atoms with van der Waals surface area (Å²) < 4.78 is 12.4. The van der Waals surface area contributed by atoms with Crippen molar-refractivity contribution in [1.29, 1.82) is 0 Å². The standard InChI is InChI=1S/C25H29N3O4/c1-17-11-13-20(14-12-17)32-18(2)24(30)31-16-23(29)26-22-15-21(25(3,4)5)27-28(22)19-9-7-6-8-10-19/h6-15,18H,16H2,1-5H3,(H,26,29). The third-order valence-electron chi connectivity index (χ3n) is 4.76. The van der Waals surface area contributed by atoms with Gasteiger partial charge in [0.05, 0.1) is 11.4 Å². The number of benzene rings is 2. The Labute approximate surface area is 188 Å². The number of aryl methyl sites for hydroxylation is 1. The summed E-state index contributed by atoms with van der Waals surface area (Å²) in [6, 6.07) is 18.7. The first-order valence-corrected chi connectivity index (χ1v) is 10.5. The minimum Gasteiger partial charge on any atom is -0.479 e. The first-order chi connectivity index (χ1) is 15.1. The number of aromatic nitrogens is 2. The molecule has 0 bridgehead atoms. The number of carbonyl (C=O) groups excluding carboxylic acids is 2. The molecule has 0 aliphatic carbocycles. The van der Waals surface area contributed by atoms with Gasteiger partial charge in [0.1, 0.15) is 11.6 Å². The van der Waals surface area contributed by atoms with E-state index in [1.807, 2.05) is 76.2 Å². The van der Waals surface area contributed by atoms with Gasteiger partial charge < -0.3 is 14.8 Å². The molecule has 2 aromatic carbocycles. The number of anilines is 1. The first kappa shape index (κ1) is 23.1. The largest absolute Gasteiger partial charge is 0.479 e. The number of rotatable bonds is 7. The molecule has 0 aliphatic heterocycles. The molecule has 1 atom stereocenters. The molecule has 1 amide bonds. The van der Waals surface area contributed by atoms with Gasteiger partial charge in [-0.15, -0.1) is 0 Å². The molecule has 0 radical (unpaired) electrons. The summed E-state index contributed by atoms with van der Waals surface area (Å²) in [5.41, 5.74) is 2.53. The number of hydrogen-bond donors (Lipinski definition) is 1. The van der Waals surface area contributed by atoms with E-state index in [9.17, 15) is 9.59 Å². The summed E-state index contributed by atoms with van der Waals surface area (Å²) in [6.45, 7) is 9.27. The summed E-state index contributed by atoms with van der Waals surface area (Å²) in [6.07, 6.45) is -0.840. The molecule has 0 aliphatic rings. The summed E-state index contributed by atoms with van der Waals surface area (Å²) in [5.74, 6) is -0.0109. The van der Waals surface area contributed by atoms with Gasteiger partial charge in [-0.25, -0.2) is 9.48 Å². The molecule has 168 valence electrons. The number of amides is 1. The average molecular weight is 436 g/mol. The van der Waals surface area contributed by atoms with Gasteiger partial charge in [0.2, 0.25) is 0 Å². The van der Waals surface area contributed by atoms with E-state index in [4.69, 9.17) is 9.47 Å². The Morgan fingerprint density at radius 1 is 1.06 bits per heavy atom. The lowest BCUT2D eigenvalue weighted by atomic mass is 9.92. The van der Waals surface area contributed by atoms with Gasteiger partial charge >= 0.3 is 5.97 Å². The van der Waals surface area contributed by atoms with Crippen LogP contribution in [0.1, 0.15) is 39.0 Å². The number of nitrogens with zero attached hydrogens (tertiary/aromatic N) is 2. The van der Waals surface area contributed by atoms with Crippen LogP contribution in [-0.2, 0) is 19.7 Å². The van der Waals surface area contributed by atoms with Crippen molar-refractivity contribution in [2.45, 2.75) is 46.1 Å². The van der Waals surface area contributed by atoms with Crippen LogP contribution in [0.25, 0.3) is 5.69 Å². The van der Waals surface area contributed by atoms with Gasteiger partial charge in [-0.05, 0) is 38.1 Å². The fourth-order valence-electron chi connectivity index (χ4n) is 2.90. The molecule has 32 heavy (non-hydrogen) atoms. The summed E-state index contributed by atoms with van der Waals surface area (Å²) >= 11 is 0. The van der Waals surface area contributed by atoms with E-state index in [1.165, 1.54) is 0 Å². The first-order valence-electron chi connectivity index (χ1n) is 10.5. The van der Waals surface area contributed by atoms with Gasteiger partial charge in [0.25, 0.3) is 5.91 Å². The molecule has 3 aromatic rings. The zero-order valence-corrected chi connectivity index (χ0v) is 19.1. The SMILES string of the molecule is Cc1ccc(OC(C)C(=O)OCC(=O)Nc2cc(C(C)(C)C)nn2-c2ccccc2)cc1. The van der Waals surface area contributed by atoms with E-state index in [-0.39, 0.29) is 5.41 Å². The van der Waals surface area contributed by atoms with Crippen molar-refractivity contribution in [2.75, 3.05) is 11.9 Å². The predicted molar refractivity (Wildman–Crippen MR) is 123 cm³/mol. The van der Waals surface area contributed by atoms with Crippen LogP contribution < -0.4 is 10.1 Å². The highest BCUT2D eigenvalue weighted by Gasteiger charge is 2.22. The highest BCUT2D eigenvalue weighted by atomic mass is 16.6. The third kappa shape index (κ3) is 5.97. The van der Waals surface area contributed by atoms with Crippen LogP contribution in [0, 0.1) is 6.92 Å². The molecule has 1 N–H and O–H groups in total. The molecule has 0 spiro atoms. The van der Waals surface area contributed by atoms with Crippen LogP contribution in [0.15, 0.2) is 60.7 Å². The van der Waals surface area contributed by atoms with E-state index in [0.29, 0.717) is 11.6 Å². The zero-order valence-electron chi connectivity index (χ0n) is 19.1. The molecule has 1 aromatic heterocycles. The molecule has 3 rings (SSSR count). The van der Waals surface area contributed by atoms with Crippen LogP contribution in [0.4, 0.5) is 5.82 Å². The van der Waals surface area contributed by atoms with Crippen molar-refractivity contribution in [1.82, 2.24) is 9.78 Å². The second kappa shape index (κ2) is 9.68. The Morgan fingerprint density at radius 2 is 1.72 bits per heavy atom. The smallest absolute Gasteiger partial charge is 0.347 e. The fraction of sp³-hybridized carbons (Fsp3) is 0.320. The Kier molecular flexibility index (Phi) is 6.98. The molecular formula is C25H29N3O4. The van der Waals surface area contributed by atoms with Crippen molar-refractivity contribution < 1.29 is 19.1 Å². The van der Waals surface area contributed by atoms with Crippen LogP contribution in [0.2, 0.25) is 0 Å². The maximum absolute atomic E-state index is 12.5. The van der Waals surface area contributed by atoms with Gasteiger partial charge in [-0.3, -0.25) is 4.79 Å². The highest BCUT2D eigenvalue weighted by molar-refractivity contribution is 5.92. The monoisotopic (exact) mass is 435 g/mol. The normalized spacial score (nSPS) is 12.2. The molecular weight excluding hydrogens is 406 g/mol. The fourth-order valence-corrected chi connectivity index (χ4v) is 2.90. The average Bonchev–Trinajstić information content (AvgIpc) is 3.18. The van der Waals surface area contributed by atoms with Crippen molar-refractivity contribution in [3.8, 4) is 11.4 Å². The molecule has 1 heterocycles. The van der Waals surface area contributed by atoms with Crippen molar-refractivity contribution in [3.63, 3.8) is 0 Å². The van der Waals surface area contributed by atoms with Crippen LogP contribution in [0.3, 0.4) is 0 Å². The minimum atomic E-state index is -0.840. The van der Waals surface area contributed by atoms with Crippen molar-refractivity contribution in [2.24, 2.45) is 0 Å². The Morgan fingerprint density at radius 3 is 2.34 bits per heavy atom. The van der Waals surface area contributed by atoms with E-state index in [1.54, 1.807) is 23.7 Å². The Balaban J connectivity index is 1.63. The highest BCUT2D eigenvalue weighted by Crippen LogP contribution is 2.26. The van der Waals surface area contributed by atoms with E-state index >= 15 is 0 Å². The number of para-hydroxylation sites is 1. The van der Waals surface area contributed by atoms with Gasteiger partial charge in [-0.1, -0.05) is 56.7 Å². The molecule has 7 nitrogen and oxygen atoms in total. The third-order valence-corrected chi connectivity index (χ3v) is 4.76. The van der Waals surface area contributed by atoms with Crippen LogP contribution in [0.5, 0.6) is 5.75 Å². The maximum atomic E-state index is 12.5. The van der Waals surface area contributed by atoms with Crippen molar-refractivity contribution in [3.05, 3.63) is 71.9 Å². The second-order valence-electron chi connectivity index (χ2n) is 8.64. The summed E-state index contributed by atoms with van der Waals surface area (Å²) in [4.78, 5) is 24.8. The molecule has 0 saturated heterocycles. The second-order valence-corrected chi connectivity index (χ2v) is 8.64. The summed E-state index contributed by atoms with van der Waals surface area (Å²) in [5, 5.41) is 7.45.